The number of esters is 1. The van der Waals surface area contributed by atoms with Crippen molar-refractivity contribution >= 4 is 5.97 Å². The molecule has 0 heterocycles. The fourth-order valence-electron chi connectivity index (χ4n) is 0.702. The van der Waals surface area contributed by atoms with Gasteiger partial charge in [-0.3, -0.25) is 4.79 Å². The Morgan fingerprint density at radius 1 is 1.73 bits per heavy atom. The number of aliphatic hydroxyl groups is 1. The van der Waals surface area contributed by atoms with E-state index in [0.29, 0.717) is 13.0 Å². The highest BCUT2D eigenvalue weighted by molar-refractivity contribution is 5.70. The highest BCUT2D eigenvalue weighted by atomic mass is 16.5. The lowest BCUT2D eigenvalue weighted by Crippen LogP contribution is -2.25. The van der Waals surface area contributed by atoms with E-state index in [2.05, 4.69) is 4.74 Å². The molecule has 0 aromatic rings. The van der Waals surface area contributed by atoms with E-state index in [-0.39, 0.29) is 25.0 Å². The summed E-state index contributed by atoms with van der Waals surface area (Å²) in [6.07, 6.45) is 0.632. The highest BCUT2D eigenvalue weighted by Crippen LogP contribution is 1.95. The minimum Gasteiger partial charge on any atom is -0.466 e. The molecule has 11 heavy (non-hydrogen) atoms. The Morgan fingerprint density at radius 2 is 2.36 bits per heavy atom. The summed E-state index contributed by atoms with van der Waals surface area (Å²) in [6, 6.07) is -0.279. The summed E-state index contributed by atoms with van der Waals surface area (Å²) in [5, 5.41) is 8.45. The normalized spacial score (nSPS) is 12.6. The van der Waals surface area contributed by atoms with Crippen LogP contribution in [-0.2, 0) is 9.53 Å². The van der Waals surface area contributed by atoms with Gasteiger partial charge in [0.1, 0.15) is 0 Å². The first-order valence-electron chi connectivity index (χ1n) is 3.72. The Morgan fingerprint density at radius 3 is 2.82 bits per heavy atom. The average Bonchev–Trinajstić information content (AvgIpc) is 1.87. The third-order valence-corrected chi connectivity index (χ3v) is 1.23. The molecule has 3 N–H and O–H groups in total. The maximum atomic E-state index is 10.7. The van der Waals surface area contributed by atoms with Crippen LogP contribution in [0.1, 0.15) is 19.8 Å². The van der Waals surface area contributed by atoms with Gasteiger partial charge in [0.25, 0.3) is 0 Å². The quantitative estimate of drug-likeness (QED) is 0.540. The van der Waals surface area contributed by atoms with Crippen LogP contribution in [0.3, 0.4) is 0 Å². The lowest BCUT2D eigenvalue weighted by molar-refractivity contribution is -0.143. The van der Waals surface area contributed by atoms with E-state index < -0.39 is 0 Å². The number of ether oxygens (including phenoxy) is 1. The van der Waals surface area contributed by atoms with Crippen molar-refractivity contribution < 1.29 is 14.6 Å². The van der Waals surface area contributed by atoms with Crippen molar-refractivity contribution in [1.82, 2.24) is 0 Å². The second-order valence-electron chi connectivity index (χ2n) is 2.28. The van der Waals surface area contributed by atoms with Crippen LogP contribution < -0.4 is 5.73 Å². The first-order valence-corrected chi connectivity index (χ1v) is 3.72. The molecule has 0 fully saturated rings. The first kappa shape index (κ1) is 10.4. The Kier molecular flexibility index (Phi) is 5.78. The molecule has 4 nitrogen and oxygen atoms in total. The van der Waals surface area contributed by atoms with Gasteiger partial charge < -0.3 is 15.6 Å². The molecule has 0 amide bonds. The van der Waals surface area contributed by atoms with E-state index in [4.69, 9.17) is 10.8 Å². The maximum Gasteiger partial charge on any atom is 0.307 e. The maximum absolute atomic E-state index is 10.7. The van der Waals surface area contributed by atoms with Gasteiger partial charge in [-0.15, -0.1) is 0 Å². The predicted octanol–water partition coefficient (Wildman–Crippen LogP) is -0.351. The summed E-state index contributed by atoms with van der Waals surface area (Å²) in [7, 11) is 0. The number of aliphatic hydroxyl groups excluding tert-OH is 1. The van der Waals surface area contributed by atoms with E-state index >= 15 is 0 Å². The molecule has 0 radical (unpaired) electrons. The van der Waals surface area contributed by atoms with Gasteiger partial charge in [0, 0.05) is 12.6 Å². The van der Waals surface area contributed by atoms with Gasteiger partial charge in [-0.05, 0) is 13.3 Å². The Hall–Kier alpha value is -0.610. The second kappa shape index (κ2) is 6.12. The molecular formula is C7H15NO3. The van der Waals surface area contributed by atoms with E-state index in [1.54, 1.807) is 6.92 Å². The SMILES string of the molecule is CCOC(=O)CC(N)CCO. The van der Waals surface area contributed by atoms with Crippen molar-refractivity contribution in [3.63, 3.8) is 0 Å². The van der Waals surface area contributed by atoms with Crippen molar-refractivity contribution in [2.24, 2.45) is 5.73 Å². The molecule has 0 rings (SSSR count). The van der Waals surface area contributed by atoms with Gasteiger partial charge in [-0.25, -0.2) is 0 Å². The summed E-state index contributed by atoms with van der Waals surface area (Å²) in [5.41, 5.74) is 5.45. The fourth-order valence-corrected chi connectivity index (χ4v) is 0.702. The molecule has 1 unspecified atom stereocenters. The molecule has 0 bridgehead atoms. The molecule has 4 heteroatoms. The van der Waals surface area contributed by atoms with Crippen LogP contribution in [0.15, 0.2) is 0 Å². The largest absolute Gasteiger partial charge is 0.466 e. The van der Waals surface area contributed by atoms with Crippen LogP contribution in [0, 0.1) is 0 Å². The molecule has 0 spiro atoms. The van der Waals surface area contributed by atoms with Crippen molar-refractivity contribution in [2.75, 3.05) is 13.2 Å². The Balaban J connectivity index is 3.40. The zero-order chi connectivity index (χ0) is 8.69. The average molecular weight is 161 g/mol. The van der Waals surface area contributed by atoms with Crippen LogP contribution in [0.4, 0.5) is 0 Å². The van der Waals surface area contributed by atoms with Crippen LogP contribution in [0.2, 0.25) is 0 Å². The molecule has 0 aromatic heterocycles. The monoisotopic (exact) mass is 161 g/mol. The molecule has 0 aromatic carbocycles. The van der Waals surface area contributed by atoms with Crippen LogP contribution in [0.5, 0.6) is 0 Å². The number of hydrogen-bond donors (Lipinski definition) is 2. The van der Waals surface area contributed by atoms with Crippen molar-refractivity contribution in [1.29, 1.82) is 0 Å². The van der Waals surface area contributed by atoms with Crippen LogP contribution in [0.25, 0.3) is 0 Å². The summed E-state index contributed by atoms with van der Waals surface area (Å²) < 4.78 is 4.66. The molecule has 0 aliphatic carbocycles. The van der Waals surface area contributed by atoms with Gasteiger partial charge >= 0.3 is 5.97 Å². The van der Waals surface area contributed by atoms with Crippen LogP contribution >= 0.6 is 0 Å². The Labute approximate surface area is 66.3 Å². The van der Waals surface area contributed by atoms with Gasteiger partial charge in [-0.2, -0.15) is 0 Å². The first-order chi connectivity index (χ1) is 5.20. The lowest BCUT2D eigenvalue weighted by Gasteiger charge is -2.07. The second-order valence-corrected chi connectivity index (χ2v) is 2.28. The molecule has 0 saturated carbocycles. The predicted molar refractivity (Wildman–Crippen MR) is 40.9 cm³/mol. The van der Waals surface area contributed by atoms with E-state index in [9.17, 15) is 4.79 Å². The van der Waals surface area contributed by atoms with Gasteiger partial charge in [0.2, 0.25) is 0 Å². The standard InChI is InChI=1S/C7H15NO3/c1-2-11-7(10)5-6(8)3-4-9/h6,9H,2-5,8H2,1H3. The molecule has 0 aliphatic heterocycles. The fraction of sp³-hybridized carbons (Fsp3) is 0.857. The summed E-state index contributed by atoms with van der Waals surface area (Å²) in [5.74, 6) is -0.298. The van der Waals surface area contributed by atoms with Gasteiger partial charge in [-0.1, -0.05) is 0 Å². The van der Waals surface area contributed by atoms with Crippen molar-refractivity contribution in [3.05, 3.63) is 0 Å². The van der Waals surface area contributed by atoms with E-state index in [1.807, 2.05) is 0 Å². The summed E-state index contributed by atoms with van der Waals surface area (Å²) >= 11 is 0. The van der Waals surface area contributed by atoms with Gasteiger partial charge in [0.15, 0.2) is 0 Å². The number of hydrogen-bond acceptors (Lipinski definition) is 4. The smallest absolute Gasteiger partial charge is 0.307 e. The third-order valence-electron chi connectivity index (χ3n) is 1.23. The van der Waals surface area contributed by atoms with E-state index in [1.165, 1.54) is 0 Å². The molecule has 66 valence electrons. The molecule has 0 saturated heterocycles. The van der Waals surface area contributed by atoms with Crippen molar-refractivity contribution in [3.8, 4) is 0 Å². The van der Waals surface area contributed by atoms with Crippen LogP contribution in [-0.4, -0.2) is 30.3 Å². The minimum atomic E-state index is -0.298. The third kappa shape index (κ3) is 5.82. The summed E-state index contributed by atoms with van der Waals surface area (Å²) in [6.45, 7) is 2.14. The molecular weight excluding hydrogens is 146 g/mol. The van der Waals surface area contributed by atoms with Gasteiger partial charge in [0.05, 0.1) is 13.0 Å². The number of rotatable bonds is 5. The zero-order valence-corrected chi connectivity index (χ0v) is 6.75. The lowest BCUT2D eigenvalue weighted by atomic mass is 10.2. The van der Waals surface area contributed by atoms with E-state index in [0.717, 1.165) is 0 Å². The molecule has 0 aliphatic rings. The number of carbonyl (C=O) groups excluding carboxylic acids is 1. The minimum absolute atomic E-state index is 0.0145. The highest BCUT2D eigenvalue weighted by Gasteiger charge is 2.08. The molecule has 1 atom stereocenters. The van der Waals surface area contributed by atoms with Crippen molar-refractivity contribution in [2.45, 2.75) is 25.8 Å². The summed E-state index contributed by atoms with van der Waals surface area (Å²) in [4.78, 5) is 10.7. The topological polar surface area (TPSA) is 72.5 Å². The number of nitrogens with two attached hydrogens (primary N) is 1. The zero-order valence-electron chi connectivity index (χ0n) is 6.75. The number of carbonyl (C=O) groups is 1. The Bertz CT molecular complexity index is 116.